The van der Waals surface area contributed by atoms with Gasteiger partial charge in [0.2, 0.25) is 0 Å². The van der Waals surface area contributed by atoms with Crippen LogP contribution < -0.4 is 0 Å². The van der Waals surface area contributed by atoms with Crippen LogP contribution in [0.25, 0.3) is 0 Å². The van der Waals surface area contributed by atoms with Crippen molar-refractivity contribution in [2.45, 2.75) is 40.0 Å². The van der Waals surface area contributed by atoms with Gasteiger partial charge < -0.3 is 4.90 Å². The second-order valence-electron chi connectivity index (χ2n) is 5.37. The summed E-state index contributed by atoms with van der Waals surface area (Å²) in [6.07, 6.45) is 4.46. The zero-order valence-corrected chi connectivity index (χ0v) is 9.34. The molecule has 0 aromatic carbocycles. The minimum absolute atomic E-state index is 0.766. The lowest BCUT2D eigenvalue weighted by atomic mass is 9.75. The van der Waals surface area contributed by atoms with Crippen molar-refractivity contribution in [3.8, 4) is 0 Å². The van der Waals surface area contributed by atoms with Gasteiger partial charge >= 0.3 is 0 Å². The van der Waals surface area contributed by atoms with Crippen molar-refractivity contribution in [1.29, 1.82) is 0 Å². The highest BCUT2D eigenvalue weighted by Crippen LogP contribution is 2.57. The van der Waals surface area contributed by atoms with Gasteiger partial charge in [-0.25, -0.2) is 0 Å². The van der Waals surface area contributed by atoms with Gasteiger partial charge in [-0.3, -0.25) is 0 Å². The fourth-order valence-electron chi connectivity index (χ4n) is 3.27. The van der Waals surface area contributed by atoms with Gasteiger partial charge in [-0.15, -0.1) is 0 Å². The van der Waals surface area contributed by atoms with E-state index in [0.29, 0.717) is 0 Å². The molecule has 1 nitrogen and oxygen atoms in total. The Morgan fingerprint density at radius 1 is 1.38 bits per heavy atom. The molecule has 0 N–H and O–H groups in total. The molecule has 1 heteroatoms. The molecule has 2 rings (SSSR count). The monoisotopic (exact) mass is 181 g/mol. The molecule has 1 aliphatic heterocycles. The summed E-state index contributed by atoms with van der Waals surface area (Å²) in [4.78, 5) is 2.64. The van der Waals surface area contributed by atoms with Crippen molar-refractivity contribution >= 4 is 0 Å². The van der Waals surface area contributed by atoms with Crippen LogP contribution in [0, 0.1) is 17.3 Å². The lowest BCUT2D eigenvalue weighted by molar-refractivity contribution is 0.0787. The summed E-state index contributed by atoms with van der Waals surface area (Å²) < 4.78 is 0. The van der Waals surface area contributed by atoms with Gasteiger partial charge in [0.25, 0.3) is 0 Å². The van der Waals surface area contributed by atoms with E-state index in [1.165, 1.54) is 38.9 Å². The molecule has 1 saturated heterocycles. The Morgan fingerprint density at radius 3 is 2.54 bits per heavy atom. The minimum Gasteiger partial charge on any atom is -0.303 e. The Balaban J connectivity index is 2.01. The van der Waals surface area contributed by atoms with Crippen LogP contribution in [0.15, 0.2) is 0 Å². The SMILES string of the molecule is CCN1CCC(C(C)C)C2(CC2)C1. The molecule has 0 aromatic rings. The maximum atomic E-state index is 2.64. The summed E-state index contributed by atoms with van der Waals surface area (Å²) in [7, 11) is 0. The standard InChI is InChI=1S/C12H23N/c1-4-13-8-5-11(10(2)3)12(9-13)6-7-12/h10-11H,4-9H2,1-3H3. The Hall–Kier alpha value is -0.0400. The Bertz CT molecular complexity index is 182. The first-order valence-corrected chi connectivity index (χ1v) is 5.90. The van der Waals surface area contributed by atoms with Crippen molar-refractivity contribution in [3.05, 3.63) is 0 Å². The van der Waals surface area contributed by atoms with E-state index in [-0.39, 0.29) is 0 Å². The number of nitrogens with zero attached hydrogens (tertiary/aromatic N) is 1. The van der Waals surface area contributed by atoms with Crippen LogP contribution in [-0.4, -0.2) is 24.5 Å². The van der Waals surface area contributed by atoms with E-state index in [9.17, 15) is 0 Å². The first-order valence-electron chi connectivity index (χ1n) is 5.90. The lowest BCUT2D eigenvalue weighted by Gasteiger charge is -2.40. The average molecular weight is 181 g/mol. The number of hydrogen-bond acceptors (Lipinski definition) is 1. The topological polar surface area (TPSA) is 3.24 Å². The normalized spacial score (nSPS) is 32.8. The summed E-state index contributed by atoms with van der Waals surface area (Å²) in [5.41, 5.74) is 0.766. The van der Waals surface area contributed by atoms with Crippen LogP contribution in [0.4, 0.5) is 0 Å². The molecule has 0 bridgehead atoms. The number of piperidine rings is 1. The van der Waals surface area contributed by atoms with Gasteiger partial charge in [-0.2, -0.15) is 0 Å². The molecule has 76 valence electrons. The number of rotatable bonds is 2. The first-order chi connectivity index (χ1) is 6.18. The highest BCUT2D eigenvalue weighted by Gasteiger charge is 2.52. The second-order valence-corrected chi connectivity index (χ2v) is 5.37. The average Bonchev–Trinajstić information content (AvgIpc) is 2.84. The summed E-state index contributed by atoms with van der Waals surface area (Å²) in [5, 5.41) is 0. The molecule has 0 aromatic heterocycles. The smallest absolute Gasteiger partial charge is 0.00406 e. The summed E-state index contributed by atoms with van der Waals surface area (Å²) in [6, 6.07) is 0. The van der Waals surface area contributed by atoms with E-state index in [2.05, 4.69) is 25.7 Å². The molecular formula is C12H23N. The summed E-state index contributed by atoms with van der Waals surface area (Å²) in [5.74, 6) is 1.93. The highest BCUT2D eigenvalue weighted by molar-refractivity contribution is 5.03. The van der Waals surface area contributed by atoms with Crippen LogP contribution in [0.1, 0.15) is 40.0 Å². The molecule has 2 fully saturated rings. The summed E-state index contributed by atoms with van der Waals surface area (Å²) in [6.45, 7) is 11.1. The zero-order chi connectivity index (χ0) is 9.47. The van der Waals surface area contributed by atoms with Crippen LogP contribution in [0.5, 0.6) is 0 Å². The van der Waals surface area contributed by atoms with Crippen LogP contribution in [-0.2, 0) is 0 Å². The largest absolute Gasteiger partial charge is 0.303 e. The van der Waals surface area contributed by atoms with Crippen LogP contribution >= 0.6 is 0 Å². The molecule has 1 heterocycles. The molecule has 13 heavy (non-hydrogen) atoms. The van der Waals surface area contributed by atoms with E-state index in [4.69, 9.17) is 0 Å². The quantitative estimate of drug-likeness (QED) is 0.633. The zero-order valence-electron chi connectivity index (χ0n) is 9.34. The first kappa shape index (κ1) is 9.51. The van der Waals surface area contributed by atoms with Crippen molar-refractivity contribution in [2.24, 2.45) is 17.3 Å². The molecule has 1 atom stereocenters. The third-order valence-electron chi connectivity index (χ3n) is 4.23. The van der Waals surface area contributed by atoms with E-state index in [1.807, 2.05) is 0 Å². The fourth-order valence-corrected chi connectivity index (χ4v) is 3.27. The molecule has 0 radical (unpaired) electrons. The molecule has 2 aliphatic rings. The van der Waals surface area contributed by atoms with Gasteiger partial charge in [0.05, 0.1) is 0 Å². The Labute approximate surface area is 82.5 Å². The third kappa shape index (κ3) is 1.63. The van der Waals surface area contributed by atoms with Crippen molar-refractivity contribution < 1.29 is 0 Å². The molecular weight excluding hydrogens is 158 g/mol. The predicted molar refractivity (Wildman–Crippen MR) is 56.7 cm³/mol. The molecule has 1 unspecified atom stereocenters. The molecule has 0 amide bonds. The van der Waals surface area contributed by atoms with Gasteiger partial charge in [-0.05, 0) is 49.6 Å². The van der Waals surface area contributed by atoms with Gasteiger partial charge in [0, 0.05) is 6.54 Å². The van der Waals surface area contributed by atoms with Crippen LogP contribution in [0.3, 0.4) is 0 Å². The van der Waals surface area contributed by atoms with Gasteiger partial charge in [0.15, 0.2) is 0 Å². The van der Waals surface area contributed by atoms with E-state index >= 15 is 0 Å². The van der Waals surface area contributed by atoms with Crippen molar-refractivity contribution in [2.75, 3.05) is 19.6 Å². The van der Waals surface area contributed by atoms with Crippen LogP contribution in [0.2, 0.25) is 0 Å². The van der Waals surface area contributed by atoms with Crippen molar-refractivity contribution in [1.82, 2.24) is 4.90 Å². The molecule has 1 saturated carbocycles. The Morgan fingerprint density at radius 2 is 2.08 bits per heavy atom. The van der Waals surface area contributed by atoms with Gasteiger partial charge in [-0.1, -0.05) is 20.8 Å². The number of hydrogen-bond donors (Lipinski definition) is 0. The minimum atomic E-state index is 0.766. The maximum absolute atomic E-state index is 2.64. The second kappa shape index (κ2) is 3.27. The lowest BCUT2D eigenvalue weighted by Crippen LogP contribution is -2.43. The van der Waals surface area contributed by atoms with Gasteiger partial charge in [0.1, 0.15) is 0 Å². The molecule has 1 spiro atoms. The Kier molecular flexibility index (Phi) is 2.39. The van der Waals surface area contributed by atoms with E-state index in [1.54, 1.807) is 0 Å². The molecule has 1 aliphatic carbocycles. The maximum Gasteiger partial charge on any atom is 0.00406 e. The number of likely N-dealkylation sites (tertiary alicyclic amines) is 1. The fraction of sp³-hybridized carbons (Fsp3) is 1.00. The summed E-state index contributed by atoms with van der Waals surface area (Å²) >= 11 is 0. The van der Waals surface area contributed by atoms with Crippen molar-refractivity contribution in [3.63, 3.8) is 0 Å². The van der Waals surface area contributed by atoms with E-state index < -0.39 is 0 Å². The highest BCUT2D eigenvalue weighted by atomic mass is 15.1. The van der Waals surface area contributed by atoms with E-state index in [0.717, 1.165) is 17.3 Å². The predicted octanol–water partition coefficient (Wildman–Crippen LogP) is 2.76. The third-order valence-corrected chi connectivity index (χ3v) is 4.23.